The summed E-state index contributed by atoms with van der Waals surface area (Å²) in [7, 11) is 1.57. The highest BCUT2D eigenvalue weighted by Gasteiger charge is 2.16. The molecule has 0 aliphatic rings. The van der Waals surface area contributed by atoms with Gasteiger partial charge in [-0.3, -0.25) is 4.79 Å². The fourth-order valence-electron chi connectivity index (χ4n) is 3.10. The van der Waals surface area contributed by atoms with E-state index < -0.39 is 11.7 Å². The Morgan fingerprint density at radius 1 is 1.20 bits per heavy atom. The van der Waals surface area contributed by atoms with Crippen molar-refractivity contribution in [2.24, 2.45) is 0 Å². The molecule has 1 N–H and O–H groups in total. The molecule has 3 aromatic heterocycles. The Kier molecular flexibility index (Phi) is 5.52. The van der Waals surface area contributed by atoms with Gasteiger partial charge in [-0.05, 0) is 25.1 Å². The number of carbonyl (C=O) groups excluding carboxylic acids is 1. The van der Waals surface area contributed by atoms with Crippen LogP contribution in [0.1, 0.15) is 16.1 Å². The maximum atomic E-state index is 14.3. The second kappa shape index (κ2) is 8.25. The molecule has 0 saturated heterocycles. The average Bonchev–Trinajstić information content (AvgIpc) is 3.09. The third kappa shape index (κ3) is 3.92. The van der Waals surface area contributed by atoms with E-state index in [1.54, 1.807) is 50.7 Å². The van der Waals surface area contributed by atoms with Crippen LogP contribution in [0.25, 0.3) is 16.6 Å². The molecule has 0 spiro atoms. The van der Waals surface area contributed by atoms with Crippen LogP contribution in [0, 0.1) is 12.7 Å². The highest BCUT2D eigenvalue weighted by Crippen LogP contribution is 2.28. The first-order chi connectivity index (χ1) is 14.5. The summed E-state index contributed by atoms with van der Waals surface area (Å²) < 4.78 is 26.4. The van der Waals surface area contributed by atoms with Crippen molar-refractivity contribution < 1.29 is 18.7 Å². The second-order valence-corrected chi connectivity index (χ2v) is 7.03. The minimum Gasteiger partial charge on any atom is -0.475 e. The van der Waals surface area contributed by atoms with Gasteiger partial charge in [0.25, 0.3) is 5.91 Å². The van der Waals surface area contributed by atoms with E-state index in [4.69, 9.17) is 21.1 Å². The van der Waals surface area contributed by atoms with Crippen LogP contribution in [0.4, 0.5) is 10.1 Å². The van der Waals surface area contributed by atoms with Gasteiger partial charge in [-0.15, -0.1) is 0 Å². The number of fused-ring (bicyclic) bond motifs is 2. The maximum Gasteiger partial charge on any atom is 0.257 e. The van der Waals surface area contributed by atoms with E-state index >= 15 is 0 Å². The zero-order valence-corrected chi connectivity index (χ0v) is 17.0. The van der Waals surface area contributed by atoms with Crippen LogP contribution in [0.5, 0.6) is 5.88 Å². The van der Waals surface area contributed by atoms with Gasteiger partial charge >= 0.3 is 0 Å². The zero-order valence-electron chi connectivity index (χ0n) is 16.3. The molecule has 3 heterocycles. The molecule has 1 aromatic carbocycles. The third-order valence-corrected chi connectivity index (χ3v) is 4.77. The van der Waals surface area contributed by atoms with E-state index in [-0.39, 0.29) is 16.9 Å². The van der Waals surface area contributed by atoms with Gasteiger partial charge in [0.15, 0.2) is 11.5 Å². The summed E-state index contributed by atoms with van der Waals surface area (Å²) in [6.45, 7) is 2.49. The van der Waals surface area contributed by atoms with Crippen LogP contribution in [0.15, 0.2) is 42.7 Å². The van der Waals surface area contributed by atoms with Crippen LogP contribution in [-0.2, 0) is 4.74 Å². The summed E-state index contributed by atoms with van der Waals surface area (Å²) in [5.41, 5.74) is 1.83. The zero-order chi connectivity index (χ0) is 21.3. The lowest BCUT2D eigenvalue weighted by Crippen LogP contribution is -2.14. The molecule has 30 heavy (non-hydrogen) atoms. The first-order valence-corrected chi connectivity index (χ1v) is 9.51. The molecule has 0 atom stereocenters. The van der Waals surface area contributed by atoms with Crippen molar-refractivity contribution in [3.05, 3.63) is 64.8 Å². The molecule has 4 rings (SSSR count). The number of nitrogens with zero attached hydrogens (tertiary/aromatic N) is 3. The molecule has 4 aromatic rings. The Morgan fingerprint density at radius 2 is 2.03 bits per heavy atom. The van der Waals surface area contributed by atoms with Gasteiger partial charge in [0.05, 0.1) is 34.1 Å². The lowest BCUT2D eigenvalue weighted by atomic mass is 10.1. The number of hydrogen-bond donors (Lipinski definition) is 1. The van der Waals surface area contributed by atoms with E-state index in [1.807, 2.05) is 0 Å². The minimum atomic E-state index is -0.534. The fourth-order valence-corrected chi connectivity index (χ4v) is 3.32. The number of hydrogen-bond acceptors (Lipinski definition) is 5. The Labute approximate surface area is 176 Å². The molecule has 0 radical (unpaired) electrons. The lowest BCUT2D eigenvalue weighted by molar-refractivity contribution is 0.102. The van der Waals surface area contributed by atoms with Gasteiger partial charge in [-0.2, -0.15) is 0 Å². The molecule has 0 unspecified atom stereocenters. The molecular weight excluding hydrogens is 411 g/mol. The van der Waals surface area contributed by atoms with Crippen molar-refractivity contribution >= 4 is 39.7 Å². The molecule has 0 bridgehead atoms. The van der Waals surface area contributed by atoms with Gasteiger partial charge in [-0.25, -0.2) is 14.4 Å². The number of anilines is 1. The van der Waals surface area contributed by atoms with Crippen molar-refractivity contribution in [2.75, 3.05) is 25.6 Å². The molecule has 0 saturated carbocycles. The number of imidazole rings is 1. The molecular formula is C21H18ClFN4O3. The van der Waals surface area contributed by atoms with Gasteiger partial charge in [0, 0.05) is 37.0 Å². The van der Waals surface area contributed by atoms with Crippen LogP contribution in [0.2, 0.25) is 5.02 Å². The van der Waals surface area contributed by atoms with Crippen LogP contribution in [0.3, 0.4) is 0 Å². The number of aromatic nitrogens is 3. The van der Waals surface area contributed by atoms with Crippen molar-refractivity contribution in [2.45, 2.75) is 6.92 Å². The smallest absolute Gasteiger partial charge is 0.257 e. The van der Waals surface area contributed by atoms with E-state index in [0.29, 0.717) is 40.7 Å². The van der Waals surface area contributed by atoms with Crippen LogP contribution in [-0.4, -0.2) is 40.6 Å². The summed E-state index contributed by atoms with van der Waals surface area (Å²) >= 11 is 6.27. The summed E-state index contributed by atoms with van der Waals surface area (Å²) in [5, 5.41) is 3.78. The minimum absolute atomic E-state index is 0.196. The van der Waals surface area contributed by atoms with E-state index in [9.17, 15) is 9.18 Å². The highest BCUT2D eigenvalue weighted by atomic mass is 35.5. The Hall–Kier alpha value is -3.23. The van der Waals surface area contributed by atoms with E-state index in [2.05, 4.69) is 15.3 Å². The average molecular weight is 429 g/mol. The summed E-state index contributed by atoms with van der Waals surface area (Å²) in [4.78, 5) is 21.5. The molecule has 7 nitrogen and oxygen atoms in total. The maximum absolute atomic E-state index is 14.3. The van der Waals surface area contributed by atoms with Crippen molar-refractivity contribution in [1.82, 2.24) is 14.4 Å². The van der Waals surface area contributed by atoms with E-state index in [1.165, 1.54) is 10.5 Å². The Balaban J connectivity index is 1.68. The number of aryl methyl sites for hydroxylation is 1. The number of benzene rings is 1. The SMILES string of the molecule is COCCOc1ccc2c(Cl)ccc(C(=O)Nc3cc(F)c4nc(C)cn4c3)c2n1. The van der Waals surface area contributed by atoms with Crippen LogP contribution >= 0.6 is 11.6 Å². The molecule has 1 amide bonds. The van der Waals surface area contributed by atoms with Gasteiger partial charge in [0.1, 0.15) is 6.61 Å². The van der Waals surface area contributed by atoms with Crippen molar-refractivity contribution in [1.29, 1.82) is 0 Å². The normalized spacial score (nSPS) is 11.2. The summed E-state index contributed by atoms with van der Waals surface area (Å²) in [6, 6.07) is 7.83. The number of halogens is 2. The summed E-state index contributed by atoms with van der Waals surface area (Å²) in [5.74, 6) is -0.639. The second-order valence-electron chi connectivity index (χ2n) is 6.63. The molecule has 0 fully saturated rings. The largest absolute Gasteiger partial charge is 0.475 e. The van der Waals surface area contributed by atoms with Gasteiger partial charge in [0.2, 0.25) is 5.88 Å². The van der Waals surface area contributed by atoms with Crippen LogP contribution < -0.4 is 10.1 Å². The predicted molar refractivity (Wildman–Crippen MR) is 112 cm³/mol. The molecule has 0 aliphatic heterocycles. The number of rotatable bonds is 6. The summed E-state index contributed by atoms with van der Waals surface area (Å²) in [6.07, 6.45) is 3.28. The number of amides is 1. The number of carbonyl (C=O) groups is 1. The lowest BCUT2D eigenvalue weighted by Gasteiger charge is -2.11. The Bertz CT molecular complexity index is 1260. The van der Waals surface area contributed by atoms with E-state index in [0.717, 1.165) is 0 Å². The topological polar surface area (TPSA) is 77.8 Å². The molecule has 0 aliphatic carbocycles. The van der Waals surface area contributed by atoms with Crippen molar-refractivity contribution in [3.63, 3.8) is 0 Å². The molecule has 154 valence electrons. The highest BCUT2D eigenvalue weighted by molar-refractivity contribution is 6.36. The quantitative estimate of drug-likeness (QED) is 0.464. The van der Waals surface area contributed by atoms with Gasteiger partial charge in [-0.1, -0.05) is 11.6 Å². The number of ether oxygens (including phenoxy) is 2. The number of nitrogens with one attached hydrogen (secondary N) is 1. The Morgan fingerprint density at radius 3 is 2.83 bits per heavy atom. The monoisotopic (exact) mass is 428 g/mol. The standard InChI is InChI=1S/C21H18ClFN4O3/c1-12-10-27-11-13(9-17(23)20(27)24-12)25-21(28)15-3-5-16(22)14-4-6-18(26-19(14)15)30-8-7-29-2/h3-6,9-11H,7-8H2,1-2H3,(H,25,28). The molecule has 9 heteroatoms. The fraction of sp³-hybridized carbons (Fsp3) is 0.190. The predicted octanol–water partition coefficient (Wildman–Crippen LogP) is 4.26. The first-order valence-electron chi connectivity index (χ1n) is 9.13. The van der Waals surface area contributed by atoms with Crippen molar-refractivity contribution in [3.8, 4) is 5.88 Å². The van der Waals surface area contributed by atoms with Gasteiger partial charge < -0.3 is 19.2 Å². The number of pyridine rings is 2. The number of methoxy groups -OCH3 is 1. The first kappa shape index (κ1) is 20.1. The third-order valence-electron chi connectivity index (χ3n) is 4.45.